The summed E-state index contributed by atoms with van der Waals surface area (Å²) in [5.41, 5.74) is 3.60. The van der Waals surface area contributed by atoms with E-state index in [0.717, 1.165) is 11.3 Å². The smallest absolute Gasteiger partial charge is 0.256 e. The van der Waals surface area contributed by atoms with Crippen LogP contribution in [0, 0.1) is 6.92 Å². The molecule has 0 spiro atoms. The number of carbonyl (C=O) groups excluding carboxylic acids is 1. The summed E-state index contributed by atoms with van der Waals surface area (Å²) < 4.78 is 0. The number of rotatable bonds is 3. The molecule has 1 amide bonds. The molecular weight excluding hydrogens is 298 g/mol. The second-order valence-corrected chi connectivity index (χ2v) is 5.43. The summed E-state index contributed by atoms with van der Waals surface area (Å²) in [5, 5.41) is 10.4. The monoisotopic (exact) mass is 311 g/mol. The Morgan fingerprint density at radius 3 is 2.45 bits per heavy atom. The lowest BCUT2D eigenvalue weighted by Crippen LogP contribution is -2.11. The van der Waals surface area contributed by atoms with E-state index >= 15 is 0 Å². The average Bonchev–Trinajstić information content (AvgIpc) is 2.97. The highest BCUT2D eigenvalue weighted by Crippen LogP contribution is 2.20. The lowest BCUT2D eigenvalue weighted by Gasteiger charge is -2.01. The predicted molar refractivity (Wildman–Crippen MR) is 88.2 cm³/mol. The number of H-pyrrole nitrogens is 1. The van der Waals surface area contributed by atoms with Crippen LogP contribution in [0.25, 0.3) is 11.3 Å². The van der Waals surface area contributed by atoms with Crippen LogP contribution >= 0.6 is 11.6 Å². The maximum Gasteiger partial charge on any atom is 0.256 e. The van der Waals surface area contributed by atoms with Crippen LogP contribution in [-0.2, 0) is 0 Å². The molecule has 0 aliphatic heterocycles. The number of anilines is 1. The zero-order chi connectivity index (χ0) is 15.5. The summed E-state index contributed by atoms with van der Waals surface area (Å²) in [4.78, 5) is 12.1. The van der Waals surface area contributed by atoms with E-state index in [1.165, 1.54) is 5.56 Å². The molecule has 0 atom stereocenters. The average molecular weight is 312 g/mol. The van der Waals surface area contributed by atoms with Gasteiger partial charge in [0, 0.05) is 16.7 Å². The van der Waals surface area contributed by atoms with Crippen LogP contribution in [0.1, 0.15) is 15.9 Å². The molecule has 0 fully saturated rings. The standard InChI is InChI=1S/C17H14ClN3O/c1-11-2-4-12(5-3-11)15-10-16(21-20-15)19-17(22)13-6-8-14(18)9-7-13/h2-10H,1H3,(H2,19,20,21,22). The van der Waals surface area contributed by atoms with Gasteiger partial charge in [-0.05, 0) is 36.8 Å². The number of aromatic amines is 1. The van der Waals surface area contributed by atoms with Gasteiger partial charge in [0.05, 0.1) is 5.69 Å². The Kier molecular flexibility index (Phi) is 3.94. The summed E-state index contributed by atoms with van der Waals surface area (Å²) in [6, 6.07) is 16.6. The first-order chi connectivity index (χ1) is 10.6. The van der Waals surface area contributed by atoms with Gasteiger partial charge in [0.25, 0.3) is 5.91 Å². The van der Waals surface area contributed by atoms with E-state index in [4.69, 9.17) is 11.6 Å². The summed E-state index contributed by atoms with van der Waals surface area (Å²) in [7, 11) is 0. The fourth-order valence-electron chi connectivity index (χ4n) is 2.06. The molecule has 4 nitrogen and oxygen atoms in total. The first-order valence-corrected chi connectivity index (χ1v) is 7.19. The molecular formula is C17H14ClN3O. The molecule has 0 saturated heterocycles. The zero-order valence-corrected chi connectivity index (χ0v) is 12.7. The van der Waals surface area contributed by atoms with E-state index in [1.807, 2.05) is 31.2 Å². The minimum Gasteiger partial charge on any atom is -0.305 e. The summed E-state index contributed by atoms with van der Waals surface area (Å²) in [5.74, 6) is 0.258. The third-order valence-corrected chi connectivity index (χ3v) is 3.54. The Morgan fingerprint density at radius 2 is 1.77 bits per heavy atom. The lowest BCUT2D eigenvalue weighted by molar-refractivity contribution is 0.102. The number of aromatic nitrogens is 2. The normalized spacial score (nSPS) is 10.5. The van der Waals surface area contributed by atoms with Gasteiger partial charge in [-0.1, -0.05) is 41.4 Å². The van der Waals surface area contributed by atoms with Gasteiger partial charge in [0.1, 0.15) is 0 Å². The van der Waals surface area contributed by atoms with Crippen LogP contribution in [0.4, 0.5) is 5.82 Å². The van der Waals surface area contributed by atoms with Crippen LogP contribution in [-0.4, -0.2) is 16.1 Å². The summed E-state index contributed by atoms with van der Waals surface area (Å²) in [6.45, 7) is 2.04. The lowest BCUT2D eigenvalue weighted by atomic mass is 10.1. The van der Waals surface area contributed by atoms with Crippen molar-refractivity contribution in [3.8, 4) is 11.3 Å². The first-order valence-electron chi connectivity index (χ1n) is 6.81. The topological polar surface area (TPSA) is 57.8 Å². The molecule has 0 unspecified atom stereocenters. The van der Waals surface area contributed by atoms with E-state index in [1.54, 1.807) is 30.3 Å². The van der Waals surface area contributed by atoms with E-state index in [0.29, 0.717) is 16.4 Å². The summed E-state index contributed by atoms with van der Waals surface area (Å²) in [6.07, 6.45) is 0. The minimum atomic E-state index is -0.223. The van der Waals surface area contributed by atoms with Gasteiger partial charge in [0.15, 0.2) is 5.82 Å². The van der Waals surface area contributed by atoms with E-state index in [2.05, 4.69) is 15.5 Å². The number of carbonyl (C=O) groups is 1. The highest BCUT2D eigenvalue weighted by Gasteiger charge is 2.09. The van der Waals surface area contributed by atoms with E-state index in [9.17, 15) is 4.79 Å². The van der Waals surface area contributed by atoms with E-state index < -0.39 is 0 Å². The fraction of sp³-hybridized carbons (Fsp3) is 0.0588. The van der Waals surface area contributed by atoms with Crippen LogP contribution < -0.4 is 5.32 Å². The third kappa shape index (κ3) is 3.18. The molecule has 3 aromatic rings. The Labute approximate surface area is 133 Å². The maximum atomic E-state index is 12.1. The third-order valence-electron chi connectivity index (χ3n) is 3.29. The minimum absolute atomic E-state index is 0.223. The zero-order valence-electron chi connectivity index (χ0n) is 11.9. The number of halogens is 1. The number of hydrogen-bond acceptors (Lipinski definition) is 2. The Bertz CT molecular complexity index is 792. The summed E-state index contributed by atoms with van der Waals surface area (Å²) >= 11 is 5.81. The number of amides is 1. The van der Waals surface area contributed by atoms with Crippen LogP contribution in [0.2, 0.25) is 5.02 Å². The molecule has 0 saturated carbocycles. The second-order valence-electron chi connectivity index (χ2n) is 4.99. The van der Waals surface area contributed by atoms with Crippen molar-refractivity contribution in [1.82, 2.24) is 10.2 Å². The van der Waals surface area contributed by atoms with Gasteiger partial charge in [0.2, 0.25) is 0 Å². The molecule has 0 radical (unpaired) electrons. The van der Waals surface area contributed by atoms with Crippen molar-refractivity contribution in [1.29, 1.82) is 0 Å². The number of nitrogens with one attached hydrogen (secondary N) is 2. The molecule has 1 aromatic heterocycles. The number of nitrogens with zero attached hydrogens (tertiary/aromatic N) is 1. The fourth-order valence-corrected chi connectivity index (χ4v) is 2.18. The van der Waals surface area contributed by atoms with Crippen molar-refractivity contribution in [2.75, 3.05) is 5.32 Å². The molecule has 22 heavy (non-hydrogen) atoms. The van der Waals surface area contributed by atoms with Crippen molar-refractivity contribution in [2.24, 2.45) is 0 Å². The highest BCUT2D eigenvalue weighted by atomic mass is 35.5. The van der Waals surface area contributed by atoms with Gasteiger partial charge < -0.3 is 5.32 Å². The Balaban J connectivity index is 1.75. The van der Waals surface area contributed by atoms with Crippen LogP contribution in [0.5, 0.6) is 0 Å². The van der Waals surface area contributed by atoms with Crippen LogP contribution in [0.3, 0.4) is 0 Å². The van der Waals surface area contributed by atoms with Crippen molar-refractivity contribution in [3.05, 3.63) is 70.7 Å². The second kappa shape index (κ2) is 6.03. The van der Waals surface area contributed by atoms with Crippen molar-refractivity contribution in [2.45, 2.75) is 6.92 Å². The highest BCUT2D eigenvalue weighted by molar-refractivity contribution is 6.30. The Hall–Kier alpha value is -2.59. The van der Waals surface area contributed by atoms with Gasteiger partial charge in [-0.25, -0.2) is 0 Å². The number of hydrogen-bond donors (Lipinski definition) is 2. The molecule has 5 heteroatoms. The van der Waals surface area contributed by atoms with Crippen molar-refractivity contribution < 1.29 is 4.79 Å². The number of aryl methyl sites for hydroxylation is 1. The van der Waals surface area contributed by atoms with E-state index in [-0.39, 0.29) is 5.91 Å². The number of benzene rings is 2. The molecule has 0 aliphatic carbocycles. The molecule has 3 rings (SSSR count). The molecule has 1 heterocycles. The maximum absolute atomic E-state index is 12.1. The van der Waals surface area contributed by atoms with Crippen LogP contribution in [0.15, 0.2) is 54.6 Å². The molecule has 110 valence electrons. The van der Waals surface area contributed by atoms with Gasteiger partial charge in [-0.3, -0.25) is 9.89 Å². The predicted octanol–water partition coefficient (Wildman–Crippen LogP) is 4.29. The Morgan fingerprint density at radius 1 is 1.09 bits per heavy atom. The van der Waals surface area contributed by atoms with Gasteiger partial charge >= 0.3 is 0 Å². The largest absolute Gasteiger partial charge is 0.305 e. The van der Waals surface area contributed by atoms with Crippen molar-refractivity contribution >= 4 is 23.3 Å². The first kappa shape index (κ1) is 14.4. The van der Waals surface area contributed by atoms with Gasteiger partial charge in [-0.2, -0.15) is 5.10 Å². The molecule has 2 N–H and O–H groups in total. The quantitative estimate of drug-likeness (QED) is 0.758. The van der Waals surface area contributed by atoms with Crippen molar-refractivity contribution in [3.63, 3.8) is 0 Å². The molecule has 0 aliphatic rings. The molecule has 0 bridgehead atoms. The van der Waals surface area contributed by atoms with Gasteiger partial charge in [-0.15, -0.1) is 0 Å². The molecule has 2 aromatic carbocycles. The SMILES string of the molecule is Cc1ccc(-c2cc(NC(=O)c3ccc(Cl)cc3)n[nH]2)cc1.